The lowest BCUT2D eigenvalue weighted by molar-refractivity contribution is -0.127. The monoisotopic (exact) mass is 347 g/mol. The summed E-state index contributed by atoms with van der Waals surface area (Å²) in [5.74, 6) is 1.25. The first-order chi connectivity index (χ1) is 11.5. The molecule has 0 fully saturated rings. The number of hydrogen-bond donors (Lipinski definition) is 1. The molecule has 0 aliphatic heterocycles. The molecule has 24 heavy (non-hydrogen) atoms. The van der Waals surface area contributed by atoms with Gasteiger partial charge >= 0.3 is 0 Å². The molecule has 0 saturated heterocycles. The van der Waals surface area contributed by atoms with Gasteiger partial charge in [0.25, 0.3) is 5.91 Å². The largest absolute Gasteiger partial charge is 0.491 e. The number of halogens is 1. The Bertz CT molecular complexity index is 686. The van der Waals surface area contributed by atoms with Crippen molar-refractivity contribution in [1.29, 1.82) is 0 Å². The molecule has 2 aromatic carbocycles. The zero-order valence-electron chi connectivity index (χ0n) is 14.1. The second kappa shape index (κ2) is 8.60. The van der Waals surface area contributed by atoms with Crippen LogP contribution in [0.5, 0.6) is 11.5 Å². The van der Waals surface area contributed by atoms with Crippen LogP contribution in [0.2, 0.25) is 5.02 Å². The van der Waals surface area contributed by atoms with Gasteiger partial charge in [-0.3, -0.25) is 4.79 Å². The summed E-state index contributed by atoms with van der Waals surface area (Å²) in [6.07, 6.45) is -0.590. The van der Waals surface area contributed by atoms with Crippen LogP contribution in [0.25, 0.3) is 0 Å². The third kappa shape index (κ3) is 5.46. The highest BCUT2D eigenvalue weighted by atomic mass is 35.5. The summed E-state index contributed by atoms with van der Waals surface area (Å²) in [5.41, 5.74) is 2.28. The van der Waals surface area contributed by atoms with Gasteiger partial charge in [-0.2, -0.15) is 0 Å². The summed E-state index contributed by atoms with van der Waals surface area (Å²) in [7, 11) is 0. The summed E-state index contributed by atoms with van der Waals surface area (Å²) < 4.78 is 11.3. The quantitative estimate of drug-likeness (QED) is 0.772. The molecule has 0 unspecified atom stereocenters. The van der Waals surface area contributed by atoms with E-state index in [2.05, 4.69) is 11.4 Å². The van der Waals surface area contributed by atoms with E-state index in [-0.39, 0.29) is 5.91 Å². The molecule has 0 bridgehead atoms. The van der Waals surface area contributed by atoms with Crippen molar-refractivity contribution in [3.05, 3.63) is 58.6 Å². The molecule has 128 valence electrons. The molecule has 1 atom stereocenters. The van der Waals surface area contributed by atoms with Gasteiger partial charge in [0.15, 0.2) is 6.10 Å². The molecule has 2 rings (SSSR count). The molecule has 0 aliphatic carbocycles. The number of carbonyl (C=O) groups is 1. The van der Waals surface area contributed by atoms with Gasteiger partial charge in [-0.1, -0.05) is 29.3 Å². The molecule has 1 amide bonds. The minimum absolute atomic E-state index is 0.186. The highest BCUT2D eigenvalue weighted by Crippen LogP contribution is 2.18. The van der Waals surface area contributed by atoms with Gasteiger partial charge in [0.05, 0.1) is 6.54 Å². The fraction of sp³-hybridized carbons (Fsp3) is 0.316. The molecule has 0 radical (unpaired) electrons. The minimum Gasteiger partial charge on any atom is -0.491 e. The smallest absolute Gasteiger partial charge is 0.260 e. The van der Waals surface area contributed by atoms with Crippen molar-refractivity contribution in [2.24, 2.45) is 0 Å². The molecular weight excluding hydrogens is 326 g/mol. The van der Waals surface area contributed by atoms with Crippen molar-refractivity contribution in [1.82, 2.24) is 5.32 Å². The number of carbonyl (C=O) groups excluding carboxylic acids is 1. The number of rotatable bonds is 7. The molecular formula is C19H22ClNO3. The lowest BCUT2D eigenvalue weighted by Crippen LogP contribution is -2.38. The van der Waals surface area contributed by atoms with Crippen LogP contribution in [0.1, 0.15) is 18.1 Å². The molecule has 0 saturated carbocycles. The predicted molar refractivity (Wildman–Crippen MR) is 96.0 cm³/mol. The number of aryl methyl sites for hydroxylation is 2. The average molecular weight is 348 g/mol. The van der Waals surface area contributed by atoms with E-state index in [0.29, 0.717) is 23.9 Å². The average Bonchev–Trinajstić information content (AvgIpc) is 2.55. The Labute approximate surface area is 147 Å². The summed E-state index contributed by atoms with van der Waals surface area (Å²) in [6, 6.07) is 12.9. The van der Waals surface area contributed by atoms with Crippen LogP contribution in [-0.2, 0) is 4.79 Å². The Morgan fingerprint density at radius 2 is 1.88 bits per heavy atom. The third-order valence-electron chi connectivity index (χ3n) is 3.49. The second-order valence-corrected chi connectivity index (χ2v) is 6.06. The zero-order valence-corrected chi connectivity index (χ0v) is 14.9. The van der Waals surface area contributed by atoms with Gasteiger partial charge in [0.1, 0.15) is 18.1 Å². The SMILES string of the molecule is Cc1ccc(OCCNC(=O)[C@H](C)Oc2ccc(Cl)cc2)c(C)c1. The van der Waals surface area contributed by atoms with Gasteiger partial charge in [0.2, 0.25) is 0 Å². The number of nitrogens with one attached hydrogen (secondary N) is 1. The van der Waals surface area contributed by atoms with Crippen LogP contribution in [0.3, 0.4) is 0 Å². The molecule has 0 spiro atoms. The Morgan fingerprint density at radius 3 is 2.54 bits per heavy atom. The van der Waals surface area contributed by atoms with Crippen molar-refractivity contribution in [2.75, 3.05) is 13.2 Å². The fourth-order valence-corrected chi connectivity index (χ4v) is 2.34. The van der Waals surface area contributed by atoms with Crippen molar-refractivity contribution in [3.63, 3.8) is 0 Å². The predicted octanol–water partition coefficient (Wildman–Crippen LogP) is 3.92. The standard InChI is InChI=1S/C19H22ClNO3/c1-13-4-9-18(14(2)12-13)23-11-10-21-19(22)15(3)24-17-7-5-16(20)6-8-17/h4-9,12,15H,10-11H2,1-3H3,(H,21,22)/t15-/m0/s1. The minimum atomic E-state index is -0.590. The van der Waals surface area contributed by atoms with E-state index in [0.717, 1.165) is 11.3 Å². The van der Waals surface area contributed by atoms with E-state index in [4.69, 9.17) is 21.1 Å². The lowest BCUT2D eigenvalue weighted by atomic mass is 10.1. The maximum Gasteiger partial charge on any atom is 0.260 e. The number of benzene rings is 2. The molecule has 5 heteroatoms. The van der Waals surface area contributed by atoms with Gasteiger partial charge in [-0.05, 0) is 56.7 Å². The topological polar surface area (TPSA) is 47.6 Å². The van der Waals surface area contributed by atoms with Gasteiger partial charge in [0, 0.05) is 5.02 Å². The van der Waals surface area contributed by atoms with E-state index in [1.807, 2.05) is 26.0 Å². The number of hydrogen-bond acceptors (Lipinski definition) is 3. The first-order valence-electron chi connectivity index (χ1n) is 7.85. The maximum absolute atomic E-state index is 12.0. The van der Waals surface area contributed by atoms with Crippen LogP contribution in [0.4, 0.5) is 0 Å². The lowest BCUT2D eigenvalue weighted by Gasteiger charge is -2.15. The van der Waals surface area contributed by atoms with Crippen LogP contribution in [0, 0.1) is 13.8 Å². The van der Waals surface area contributed by atoms with Crippen LogP contribution >= 0.6 is 11.6 Å². The van der Waals surface area contributed by atoms with E-state index >= 15 is 0 Å². The normalized spacial score (nSPS) is 11.7. The summed E-state index contributed by atoms with van der Waals surface area (Å²) in [6.45, 7) is 6.57. The fourth-order valence-electron chi connectivity index (χ4n) is 2.21. The second-order valence-electron chi connectivity index (χ2n) is 5.62. The zero-order chi connectivity index (χ0) is 17.5. The molecule has 2 aromatic rings. The summed E-state index contributed by atoms with van der Waals surface area (Å²) >= 11 is 5.82. The number of amides is 1. The molecule has 0 aromatic heterocycles. The van der Waals surface area contributed by atoms with Gasteiger partial charge in [-0.15, -0.1) is 0 Å². The molecule has 1 N–H and O–H groups in total. The summed E-state index contributed by atoms with van der Waals surface area (Å²) in [4.78, 5) is 12.0. The van der Waals surface area contributed by atoms with Gasteiger partial charge in [-0.25, -0.2) is 0 Å². The maximum atomic E-state index is 12.0. The van der Waals surface area contributed by atoms with Crippen molar-refractivity contribution < 1.29 is 14.3 Å². The Kier molecular flexibility index (Phi) is 6.50. The van der Waals surface area contributed by atoms with Crippen molar-refractivity contribution in [2.45, 2.75) is 26.9 Å². The van der Waals surface area contributed by atoms with Crippen LogP contribution in [-0.4, -0.2) is 25.2 Å². The van der Waals surface area contributed by atoms with E-state index in [9.17, 15) is 4.79 Å². The first-order valence-corrected chi connectivity index (χ1v) is 8.23. The Balaban J connectivity index is 1.73. The Morgan fingerprint density at radius 1 is 1.17 bits per heavy atom. The number of ether oxygens (including phenoxy) is 2. The molecule has 4 nitrogen and oxygen atoms in total. The van der Waals surface area contributed by atoms with Crippen LogP contribution in [0.15, 0.2) is 42.5 Å². The van der Waals surface area contributed by atoms with E-state index in [1.54, 1.807) is 31.2 Å². The Hall–Kier alpha value is -2.20. The highest BCUT2D eigenvalue weighted by Gasteiger charge is 2.14. The van der Waals surface area contributed by atoms with Gasteiger partial charge < -0.3 is 14.8 Å². The summed E-state index contributed by atoms with van der Waals surface area (Å²) in [5, 5.41) is 3.43. The molecule has 0 heterocycles. The van der Waals surface area contributed by atoms with Crippen molar-refractivity contribution >= 4 is 17.5 Å². The van der Waals surface area contributed by atoms with Crippen molar-refractivity contribution in [3.8, 4) is 11.5 Å². The first kappa shape index (κ1) is 18.1. The van der Waals surface area contributed by atoms with Crippen LogP contribution < -0.4 is 14.8 Å². The molecule has 0 aliphatic rings. The third-order valence-corrected chi connectivity index (χ3v) is 3.74. The van der Waals surface area contributed by atoms with E-state index < -0.39 is 6.10 Å². The highest BCUT2D eigenvalue weighted by molar-refractivity contribution is 6.30. The van der Waals surface area contributed by atoms with E-state index in [1.165, 1.54) is 5.56 Å².